The number of methoxy groups -OCH3 is 1. The van der Waals surface area contributed by atoms with Gasteiger partial charge in [-0.2, -0.15) is 0 Å². The monoisotopic (exact) mass is 200 g/mol. The summed E-state index contributed by atoms with van der Waals surface area (Å²) < 4.78 is 5.14. The zero-order valence-electron chi connectivity index (χ0n) is 9.75. The van der Waals surface area contributed by atoms with Crippen LogP contribution in [-0.2, 0) is 4.74 Å². The summed E-state index contributed by atoms with van der Waals surface area (Å²) in [5.41, 5.74) is 0. The lowest BCUT2D eigenvalue weighted by molar-refractivity contribution is 0.0838. The summed E-state index contributed by atoms with van der Waals surface area (Å²) in [7, 11) is 1.78. The van der Waals surface area contributed by atoms with E-state index in [1.165, 1.54) is 19.4 Å². The Bertz CT molecular complexity index is 152. The average Bonchev–Trinajstić information content (AvgIpc) is 2.25. The molecule has 1 aliphatic rings. The maximum Gasteiger partial charge on any atom is 0.0589 e. The lowest BCUT2D eigenvalue weighted by Crippen LogP contribution is -2.56. The molecule has 0 aromatic carbocycles. The minimum absolute atomic E-state index is 0.676. The summed E-state index contributed by atoms with van der Waals surface area (Å²) in [5.74, 6) is 0. The third-order valence-electron chi connectivity index (χ3n) is 3.16. The van der Waals surface area contributed by atoms with Gasteiger partial charge < -0.3 is 10.1 Å². The quantitative estimate of drug-likeness (QED) is 0.719. The van der Waals surface area contributed by atoms with E-state index in [1.54, 1.807) is 7.11 Å². The van der Waals surface area contributed by atoms with Crippen LogP contribution in [0.3, 0.4) is 0 Å². The number of nitrogens with zero attached hydrogens (tertiary/aromatic N) is 1. The highest BCUT2D eigenvalue weighted by Gasteiger charge is 2.24. The molecule has 0 bridgehead atoms. The van der Waals surface area contributed by atoms with E-state index in [-0.39, 0.29) is 0 Å². The van der Waals surface area contributed by atoms with Gasteiger partial charge >= 0.3 is 0 Å². The molecule has 0 radical (unpaired) electrons. The Balaban J connectivity index is 2.38. The number of hydrogen-bond donors (Lipinski definition) is 1. The van der Waals surface area contributed by atoms with Gasteiger partial charge in [0.2, 0.25) is 0 Å². The fourth-order valence-electron chi connectivity index (χ4n) is 2.09. The van der Waals surface area contributed by atoms with E-state index < -0.39 is 0 Å². The minimum Gasteiger partial charge on any atom is -0.383 e. The van der Waals surface area contributed by atoms with Crippen LogP contribution in [0, 0.1) is 0 Å². The molecule has 0 aromatic heterocycles. The van der Waals surface area contributed by atoms with Crippen molar-refractivity contribution in [3.05, 3.63) is 0 Å². The van der Waals surface area contributed by atoms with Crippen LogP contribution in [0.15, 0.2) is 0 Å². The zero-order chi connectivity index (χ0) is 10.4. The van der Waals surface area contributed by atoms with E-state index in [0.717, 1.165) is 19.7 Å². The second kappa shape index (κ2) is 6.38. The first-order valence-electron chi connectivity index (χ1n) is 5.78. The van der Waals surface area contributed by atoms with Gasteiger partial charge in [0.15, 0.2) is 0 Å². The van der Waals surface area contributed by atoms with Crippen molar-refractivity contribution in [2.75, 3.05) is 33.4 Å². The van der Waals surface area contributed by atoms with Crippen LogP contribution in [-0.4, -0.2) is 50.3 Å². The van der Waals surface area contributed by atoms with Crippen molar-refractivity contribution in [1.82, 2.24) is 10.2 Å². The number of piperazine rings is 1. The van der Waals surface area contributed by atoms with Gasteiger partial charge in [-0.05, 0) is 12.8 Å². The van der Waals surface area contributed by atoms with Crippen LogP contribution in [0.5, 0.6) is 0 Å². The normalized spacial score (nSPS) is 29.4. The highest BCUT2D eigenvalue weighted by atomic mass is 16.5. The van der Waals surface area contributed by atoms with Crippen LogP contribution < -0.4 is 5.32 Å². The number of rotatable bonds is 5. The molecular weight excluding hydrogens is 176 g/mol. The molecule has 14 heavy (non-hydrogen) atoms. The molecule has 3 nitrogen and oxygen atoms in total. The third-order valence-corrected chi connectivity index (χ3v) is 3.16. The Hall–Kier alpha value is -0.120. The number of nitrogens with one attached hydrogen (secondary N) is 1. The van der Waals surface area contributed by atoms with Crippen molar-refractivity contribution in [3.63, 3.8) is 0 Å². The molecule has 1 rings (SSSR count). The molecule has 1 N–H and O–H groups in total. The third kappa shape index (κ3) is 3.23. The van der Waals surface area contributed by atoms with E-state index in [0.29, 0.717) is 12.1 Å². The molecule has 0 saturated carbocycles. The highest BCUT2D eigenvalue weighted by Crippen LogP contribution is 2.11. The number of hydrogen-bond acceptors (Lipinski definition) is 3. The van der Waals surface area contributed by atoms with Crippen LogP contribution >= 0.6 is 0 Å². The summed E-state index contributed by atoms with van der Waals surface area (Å²) in [6, 6.07) is 1.38. The second-order valence-corrected chi connectivity index (χ2v) is 4.06. The predicted molar refractivity (Wildman–Crippen MR) is 59.6 cm³/mol. The Labute approximate surface area is 87.8 Å². The molecule has 3 heteroatoms. The minimum atomic E-state index is 0.676. The molecule has 0 spiro atoms. The first-order valence-corrected chi connectivity index (χ1v) is 5.78. The Kier molecular flexibility index (Phi) is 5.45. The van der Waals surface area contributed by atoms with Crippen molar-refractivity contribution in [2.24, 2.45) is 0 Å². The van der Waals surface area contributed by atoms with Gasteiger partial charge in [0.25, 0.3) is 0 Å². The van der Waals surface area contributed by atoms with Crippen molar-refractivity contribution >= 4 is 0 Å². The van der Waals surface area contributed by atoms with Gasteiger partial charge in [0, 0.05) is 38.8 Å². The largest absolute Gasteiger partial charge is 0.383 e. The molecule has 1 aliphatic heterocycles. The molecule has 1 heterocycles. The van der Waals surface area contributed by atoms with E-state index in [1.807, 2.05) is 0 Å². The first-order chi connectivity index (χ1) is 6.81. The van der Waals surface area contributed by atoms with E-state index in [9.17, 15) is 0 Å². The Morgan fingerprint density at radius 1 is 1.36 bits per heavy atom. The predicted octanol–water partition coefficient (Wildman–Crippen LogP) is 1.10. The maximum atomic E-state index is 5.14. The van der Waals surface area contributed by atoms with Gasteiger partial charge in [0.1, 0.15) is 0 Å². The summed E-state index contributed by atoms with van der Waals surface area (Å²) in [6.45, 7) is 8.76. The molecular formula is C11H24N2O. The van der Waals surface area contributed by atoms with E-state index in [4.69, 9.17) is 4.74 Å². The second-order valence-electron chi connectivity index (χ2n) is 4.06. The highest BCUT2D eigenvalue weighted by molar-refractivity contribution is 4.84. The van der Waals surface area contributed by atoms with Gasteiger partial charge in [0.05, 0.1) is 6.61 Å². The average molecular weight is 200 g/mol. The van der Waals surface area contributed by atoms with Gasteiger partial charge in [-0.25, -0.2) is 0 Å². The molecule has 1 fully saturated rings. The fourth-order valence-corrected chi connectivity index (χ4v) is 2.09. The van der Waals surface area contributed by atoms with Crippen LogP contribution in [0.25, 0.3) is 0 Å². The van der Waals surface area contributed by atoms with Crippen molar-refractivity contribution in [1.29, 1.82) is 0 Å². The zero-order valence-corrected chi connectivity index (χ0v) is 9.75. The SMILES string of the molecule is CCC1CN(CCOC)C(CC)CN1. The molecule has 1 saturated heterocycles. The van der Waals surface area contributed by atoms with Gasteiger partial charge in [-0.15, -0.1) is 0 Å². The van der Waals surface area contributed by atoms with E-state index in [2.05, 4.69) is 24.1 Å². The van der Waals surface area contributed by atoms with Gasteiger partial charge in [-0.3, -0.25) is 4.90 Å². The standard InChI is InChI=1S/C11H24N2O/c1-4-10-9-13(6-7-14-3)11(5-2)8-12-10/h10-12H,4-9H2,1-3H3. The molecule has 0 aliphatic carbocycles. The molecule has 84 valence electrons. The van der Waals surface area contributed by atoms with Gasteiger partial charge in [-0.1, -0.05) is 13.8 Å². The van der Waals surface area contributed by atoms with E-state index >= 15 is 0 Å². The van der Waals surface area contributed by atoms with Crippen molar-refractivity contribution in [2.45, 2.75) is 38.8 Å². The lowest BCUT2D eigenvalue weighted by atomic mass is 10.1. The number of ether oxygens (including phenoxy) is 1. The van der Waals surface area contributed by atoms with Crippen molar-refractivity contribution in [3.8, 4) is 0 Å². The summed E-state index contributed by atoms with van der Waals surface area (Å²) >= 11 is 0. The molecule has 0 aromatic rings. The topological polar surface area (TPSA) is 24.5 Å². The fraction of sp³-hybridized carbons (Fsp3) is 1.00. The van der Waals surface area contributed by atoms with Crippen LogP contribution in [0.2, 0.25) is 0 Å². The van der Waals surface area contributed by atoms with Crippen LogP contribution in [0.1, 0.15) is 26.7 Å². The molecule has 0 amide bonds. The Morgan fingerprint density at radius 3 is 2.71 bits per heavy atom. The molecule has 2 unspecified atom stereocenters. The lowest BCUT2D eigenvalue weighted by Gasteiger charge is -2.39. The smallest absolute Gasteiger partial charge is 0.0589 e. The summed E-state index contributed by atoms with van der Waals surface area (Å²) in [4.78, 5) is 2.56. The van der Waals surface area contributed by atoms with Crippen molar-refractivity contribution < 1.29 is 4.74 Å². The summed E-state index contributed by atoms with van der Waals surface area (Å²) in [5, 5.41) is 3.59. The Morgan fingerprint density at radius 2 is 2.14 bits per heavy atom. The maximum absolute atomic E-state index is 5.14. The van der Waals surface area contributed by atoms with Crippen LogP contribution in [0.4, 0.5) is 0 Å². The molecule has 2 atom stereocenters. The summed E-state index contributed by atoms with van der Waals surface area (Å²) in [6.07, 6.45) is 2.45. The first kappa shape index (κ1) is 12.0.